The molecule has 0 saturated heterocycles. The number of rotatable bonds is 2. The molecule has 1 saturated carbocycles. The van der Waals surface area contributed by atoms with Gasteiger partial charge in [0.25, 0.3) is 11.5 Å². The number of carbonyl (C=O) groups excluding carboxylic acids is 1. The Labute approximate surface area is 116 Å². The van der Waals surface area contributed by atoms with Crippen molar-refractivity contribution in [1.82, 2.24) is 15.5 Å². The van der Waals surface area contributed by atoms with Crippen LogP contribution in [0.4, 0.5) is 0 Å². The summed E-state index contributed by atoms with van der Waals surface area (Å²) in [6.07, 6.45) is 3.30. The van der Waals surface area contributed by atoms with Gasteiger partial charge in [-0.25, -0.2) is 5.10 Å². The average molecular weight is 271 g/mol. The van der Waals surface area contributed by atoms with Gasteiger partial charge in [0.1, 0.15) is 0 Å². The molecule has 1 heterocycles. The second-order valence-electron chi connectivity index (χ2n) is 5.44. The molecule has 0 radical (unpaired) electrons. The lowest BCUT2D eigenvalue weighted by molar-refractivity contribution is 0.0925. The lowest BCUT2D eigenvalue weighted by atomic mass is 10.1. The van der Waals surface area contributed by atoms with Crippen molar-refractivity contribution < 1.29 is 4.79 Å². The molecule has 1 aromatic carbocycles. The minimum atomic E-state index is -0.272. The van der Waals surface area contributed by atoms with Gasteiger partial charge in [-0.15, -0.1) is 0 Å². The Kier molecular flexibility index (Phi) is 3.26. The second kappa shape index (κ2) is 5.07. The molecule has 104 valence electrons. The van der Waals surface area contributed by atoms with E-state index in [9.17, 15) is 9.59 Å². The van der Waals surface area contributed by atoms with E-state index in [4.69, 9.17) is 0 Å². The maximum atomic E-state index is 12.4. The maximum Gasteiger partial charge on any atom is 0.272 e. The van der Waals surface area contributed by atoms with Crippen molar-refractivity contribution in [2.75, 3.05) is 0 Å². The quantitative estimate of drug-likeness (QED) is 0.875. The number of hydrogen-bond donors (Lipinski definition) is 2. The van der Waals surface area contributed by atoms with E-state index in [0.717, 1.165) is 19.3 Å². The minimum absolute atomic E-state index is 0.204. The van der Waals surface area contributed by atoms with Gasteiger partial charge in [-0.05, 0) is 24.8 Å². The van der Waals surface area contributed by atoms with Gasteiger partial charge < -0.3 is 5.32 Å². The van der Waals surface area contributed by atoms with Crippen molar-refractivity contribution in [3.05, 3.63) is 40.3 Å². The molecule has 2 aromatic rings. The summed E-state index contributed by atoms with van der Waals surface area (Å²) >= 11 is 0. The standard InChI is InChI=1S/C15H17N3O2/c1-9-5-4-8-12(9)16-15(20)13-10-6-2-3-7-11(10)14(19)18-17-13/h2-3,6-7,9,12H,4-5,8H2,1H3,(H,16,20)(H,18,19)/t9-,12-/m0/s1. The number of amides is 1. The SMILES string of the molecule is C[C@H]1CCC[C@@H]1NC(=O)c1n[nH]c(=O)c2ccccc12. The molecule has 5 nitrogen and oxygen atoms in total. The first kappa shape index (κ1) is 12.8. The van der Waals surface area contributed by atoms with Crippen LogP contribution in [0.5, 0.6) is 0 Å². The van der Waals surface area contributed by atoms with E-state index in [1.807, 2.05) is 0 Å². The molecular weight excluding hydrogens is 254 g/mol. The third kappa shape index (κ3) is 2.19. The molecular formula is C15H17N3O2. The largest absolute Gasteiger partial charge is 0.348 e. The third-order valence-electron chi connectivity index (χ3n) is 4.09. The van der Waals surface area contributed by atoms with E-state index < -0.39 is 0 Å². The molecule has 2 N–H and O–H groups in total. The van der Waals surface area contributed by atoms with Gasteiger partial charge in [-0.3, -0.25) is 9.59 Å². The molecule has 1 fully saturated rings. The van der Waals surface area contributed by atoms with E-state index in [1.165, 1.54) is 0 Å². The number of fused-ring (bicyclic) bond motifs is 1. The molecule has 3 rings (SSSR count). The minimum Gasteiger partial charge on any atom is -0.348 e. The lowest BCUT2D eigenvalue weighted by Gasteiger charge is -2.17. The van der Waals surface area contributed by atoms with Crippen LogP contribution in [-0.4, -0.2) is 22.1 Å². The van der Waals surface area contributed by atoms with Crippen molar-refractivity contribution in [3.8, 4) is 0 Å². The Morgan fingerprint density at radius 1 is 1.30 bits per heavy atom. The monoisotopic (exact) mass is 271 g/mol. The molecule has 2 atom stereocenters. The Morgan fingerprint density at radius 2 is 2.05 bits per heavy atom. The Morgan fingerprint density at radius 3 is 2.75 bits per heavy atom. The average Bonchev–Trinajstić information content (AvgIpc) is 2.85. The first-order valence-electron chi connectivity index (χ1n) is 6.95. The highest BCUT2D eigenvalue weighted by Gasteiger charge is 2.26. The summed E-state index contributed by atoms with van der Waals surface area (Å²) in [6.45, 7) is 2.15. The van der Waals surface area contributed by atoms with E-state index in [1.54, 1.807) is 24.3 Å². The van der Waals surface area contributed by atoms with Crippen LogP contribution in [0.2, 0.25) is 0 Å². The van der Waals surface area contributed by atoms with Gasteiger partial charge in [-0.1, -0.05) is 31.5 Å². The van der Waals surface area contributed by atoms with E-state index in [0.29, 0.717) is 22.4 Å². The molecule has 5 heteroatoms. The summed E-state index contributed by atoms with van der Waals surface area (Å²) in [5.74, 6) is 0.282. The molecule has 1 aliphatic carbocycles. The molecule has 1 amide bonds. The topological polar surface area (TPSA) is 74.8 Å². The fourth-order valence-electron chi connectivity index (χ4n) is 2.88. The van der Waals surface area contributed by atoms with Gasteiger partial charge in [0, 0.05) is 11.4 Å². The number of carbonyl (C=O) groups is 1. The number of nitrogens with one attached hydrogen (secondary N) is 2. The number of aromatic amines is 1. The Balaban J connectivity index is 1.96. The van der Waals surface area contributed by atoms with Gasteiger partial charge in [0.05, 0.1) is 5.39 Å². The Bertz CT molecular complexity index is 708. The van der Waals surface area contributed by atoms with Crippen LogP contribution in [0.3, 0.4) is 0 Å². The summed E-state index contributed by atoms with van der Waals surface area (Å²) in [4.78, 5) is 24.1. The molecule has 1 aromatic heterocycles. The summed E-state index contributed by atoms with van der Waals surface area (Å²) in [7, 11) is 0. The molecule has 20 heavy (non-hydrogen) atoms. The third-order valence-corrected chi connectivity index (χ3v) is 4.09. The zero-order valence-corrected chi connectivity index (χ0v) is 11.3. The summed E-state index contributed by atoms with van der Waals surface area (Å²) in [5.41, 5.74) is 0.0192. The maximum absolute atomic E-state index is 12.4. The molecule has 1 aliphatic rings. The van der Waals surface area contributed by atoms with Crippen LogP contribution in [0.15, 0.2) is 29.1 Å². The highest BCUT2D eigenvalue weighted by molar-refractivity contribution is 6.04. The van der Waals surface area contributed by atoms with Gasteiger partial charge in [0.15, 0.2) is 5.69 Å². The number of aromatic nitrogens is 2. The van der Waals surface area contributed by atoms with E-state index >= 15 is 0 Å². The Hall–Kier alpha value is -2.17. The fourth-order valence-corrected chi connectivity index (χ4v) is 2.88. The van der Waals surface area contributed by atoms with Crippen LogP contribution in [0.25, 0.3) is 10.8 Å². The zero-order valence-electron chi connectivity index (χ0n) is 11.3. The lowest BCUT2D eigenvalue weighted by Crippen LogP contribution is -2.37. The molecule has 0 bridgehead atoms. The normalized spacial score (nSPS) is 22.1. The first-order chi connectivity index (χ1) is 9.66. The highest BCUT2D eigenvalue weighted by Crippen LogP contribution is 2.25. The fraction of sp³-hybridized carbons (Fsp3) is 0.400. The first-order valence-corrected chi connectivity index (χ1v) is 6.95. The van der Waals surface area contributed by atoms with Gasteiger partial charge in [0.2, 0.25) is 0 Å². The smallest absolute Gasteiger partial charge is 0.272 e. The van der Waals surface area contributed by atoms with E-state index in [2.05, 4.69) is 22.4 Å². The number of benzene rings is 1. The van der Waals surface area contributed by atoms with Crippen LogP contribution in [-0.2, 0) is 0 Å². The molecule has 0 aliphatic heterocycles. The van der Waals surface area contributed by atoms with Crippen LogP contribution in [0.1, 0.15) is 36.7 Å². The number of nitrogens with zero attached hydrogens (tertiary/aromatic N) is 1. The summed E-state index contributed by atoms with van der Waals surface area (Å²) in [6, 6.07) is 7.24. The van der Waals surface area contributed by atoms with Crippen LogP contribution >= 0.6 is 0 Å². The van der Waals surface area contributed by atoms with Crippen molar-refractivity contribution >= 4 is 16.7 Å². The van der Waals surface area contributed by atoms with Crippen LogP contribution < -0.4 is 10.9 Å². The van der Waals surface area contributed by atoms with E-state index in [-0.39, 0.29) is 17.5 Å². The zero-order chi connectivity index (χ0) is 14.1. The van der Waals surface area contributed by atoms with Crippen molar-refractivity contribution in [2.45, 2.75) is 32.2 Å². The summed E-state index contributed by atoms with van der Waals surface area (Å²) in [5, 5.41) is 10.4. The summed E-state index contributed by atoms with van der Waals surface area (Å²) < 4.78 is 0. The predicted octanol–water partition coefficient (Wildman–Crippen LogP) is 1.84. The van der Waals surface area contributed by atoms with Crippen LogP contribution in [0, 0.1) is 5.92 Å². The highest BCUT2D eigenvalue weighted by atomic mass is 16.2. The van der Waals surface area contributed by atoms with Gasteiger partial charge in [-0.2, -0.15) is 5.10 Å². The van der Waals surface area contributed by atoms with Gasteiger partial charge >= 0.3 is 0 Å². The predicted molar refractivity (Wildman–Crippen MR) is 76.6 cm³/mol. The number of hydrogen-bond acceptors (Lipinski definition) is 3. The second-order valence-corrected chi connectivity index (χ2v) is 5.44. The molecule has 0 unspecified atom stereocenters. The number of H-pyrrole nitrogens is 1. The van der Waals surface area contributed by atoms with Crippen molar-refractivity contribution in [2.24, 2.45) is 5.92 Å². The van der Waals surface area contributed by atoms with Crippen molar-refractivity contribution in [1.29, 1.82) is 0 Å². The molecule has 0 spiro atoms. The van der Waals surface area contributed by atoms with Crippen molar-refractivity contribution in [3.63, 3.8) is 0 Å².